The minimum Gasteiger partial charge on any atom is -0.399 e. The van der Waals surface area contributed by atoms with Gasteiger partial charge in [-0.15, -0.1) is 10.2 Å². The summed E-state index contributed by atoms with van der Waals surface area (Å²) in [5.41, 5.74) is 9.42. The number of benzene rings is 3. The fourth-order valence-electron chi connectivity index (χ4n) is 3.18. The Morgan fingerprint density at radius 3 is 2.50 bits per heavy atom. The Bertz CT molecular complexity index is 1270. The standard InChI is InChI=1S/C24H21N5O2S/c1-16(30)17-7-6-10-20(14-17)26-22(31)15-32-24-28-27-23(18-8-5-9-19(25)13-18)29(24)21-11-3-2-4-12-21/h2-14H,15,25H2,1H3,(H,26,31). The second-order valence-electron chi connectivity index (χ2n) is 7.08. The van der Waals surface area contributed by atoms with Crippen molar-refractivity contribution in [2.45, 2.75) is 12.1 Å². The molecule has 0 spiro atoms. The molecule has 0 aliphatic rings. The van der Waals surface area contributed by atoms with Gasteiger partial charge in [-0.1, -0.05) is 54.2 Å². The zero-order chi connectivity index (χ0) is 22.5. The van der Waals surface area contributed by atoms with Gasteiger partial charge in [0, 0.05) is 28.2 Å². The van der Waals surface area contributed by atoms with Crippen LogP contribution in [0.3, 0.4) is 0 Å². The number of nitrogens with zero attached hydrogens (tertiary/aromatic N) is 3. The molecule has 8 heteroatoms. The highest BCUT2D eigenvalue weighted by atomic mass is 32.2. The molecular formula is C24H21N5O2S. The largest absolute Gasteiger partial charge is 0.399 e. The van der Waals surface area contributed by atoms with Gasteiger partial charge in [0.05, 0.1) is 5.75 Å². The summed E-state index contributed by atoms with van der Waals surface area (Å²) in [6.45, 7) is 1.49. The topological polar surface area (TPSA) is 103 Å². The van der Waals surface area contributed by atoms with Crippen LogP contribution in [0.2, 0.25) is 0 Å². The molecule has 3 aromatic carbocycles. The van der Waals surface area contributed by atoms with Crippen LogP contribution in [0.5, 0.6) is 0 Å². The number of ketones is 1. The fourth-order valence-corrected chi connectivity index (χ4v) is 3.93. The fraction of sp³-hybridized carbons (Fsp3) is 0.0833. The molecule has 4 rings (SSSR count). The number of carbonyl (C=O) groups excluding carboxylic acids is 2. The zero-order valence-electron chi connectivity index (χ0n) is 17.4. The average Bonchev–Trinajstić information content (AvgIpc) is 3.22. The molecule has 0 bridgehead atoms. The number of amides is 1. The average molecular weight is 444 g/mol. The number of aromatic nitrogens is 3. The predicted molar refractivity (Wildman–Crippen MR) is 127 cm³/mol. The van der Waals surface area contributed by atoms with Crippen molar-refractivity contribution in [3.8, 4) is 17.1 Å². The van der Waals surface area contributed by atoms with E-state index in [0.29, 0.717) is 27.9 Å². The first kappa shape index (κ1) is 21.3. The summed E-state index contributed by atoms with van der Waals surface area (Å²) in [4.78, 5) is 24.1. The van der Waals surface area contributed by atoms with Crippen LogP contribution < -0.4 is 11.1 Å². The highest BCUT2D eigenvalue weighted by molar-refractivity contribution is 7.99. The maximum absolute atomic E-state index is 12.5. The van der Waals surface area contributed by atoms with E-state index in [1.54, 1.807) is 24.3 Å². The Hall–Kier alpha value is -3.91. The summed E-state index contributed by atoms with van der Waals surface area (Å²) in [5, 5.41) is 12.1. The van der Waals surface area contributed by atoms with Crippen molar-refractivity contribution in [1.29, 1.82) is 0 Å². The van der Waals surface area contributed by atoms with Crippen molar-refractivity contribution in [3.05, 3.63) is 84.4 Å². The van der Waals surface area contributed by atoms with Gasteiger partial charge in [-0.2, -0.15) is 0 Å². The van der Waals surface area contributed by atoms with Crippen LogP contribution in [-0.4, -0.2) is 32.2 Å². The maximum atomic E-state index is 12.5. The van der Waals surface area contributed by atoms with Crippen molar-refractivity contribution in [3.63, 3.8) is 0 Å². The van der Waals surface area contributed by atoms with Crippen LogP contribution in [-0.2, 0) is 4.79 Å². The Balaban J connectivity index is 1.57. The quantitative estimate of drug-likeness (QED) is 0.248. The van der Waals surface area contributed by atoms with Crippen LogP contribution >= 0.6 is 11.8 Å². The molecule has 0 aliphatic carbocycles. The molecule has 0 fully saturated rings. The number of hydrogen-bond acceptors (Lipinski definition) is 6. The molecule has 1 aromatic heterocycles. The lowest BCUT2D eigenvalue weighted by molar-refractivity contribution is -0.113. The van der Waals surface area contributed by atoms with E-state index in [1.165, 1.54) is 18.7 Å². The van der Waals surface area contributed by atoms with E-state index in [4.69, 9.17) is 5.73 Å². The minimum atomic E-state index is -0.205. The number of anilines is 2. The van der Waals surface area contributed by atoms with Gasteiger partial charge in [-0.25, -0.2) is 0 Å². The second-order valence-corrected chi connectivity index (χ2v) is 8.02. The lowest BCUT2D eigenvalue weighted by Crippen LogP contribution is -2.15. The molecule has 3 N–H and O–H groups in total. The smallest absolute Gasteiger partial charge is 0.234 e. The van der Waals surface area contributed by atoms with Crippen LogP contribution in [0, 0.1) is 0 Å². The molecule has 0 aliphatic heterocycles. The molecule has 7 nitrogen and oxygen atoms in total. The van der Waals surface area contributed by atoms with Gasteiger partial charge >= 0.3 is 0 Å². The summed E-state index contributed by atoms with van der Waals surface area (Å²) in [7, 11) is 0. The SMILES string of the molecule is CC(=O)c1cccc(NC(=O)CSc2nnc(-c3cccc(N)c3)n2-c2ccccc2)c1. The molecule has 0 atom stereocenters. The summed E-state index contributed by atoms with van der Waals surface area (Å²) in [5.74, 6) is 0.511. The van der Waals surface area contributed by atoms with Crippen molar-refractivity contribution in [2.24, 2.45) is 0 Å². The van der Waals surface area contributed by atoms with E-state index >= 15 is 0 Å². The Morgan fingerprint density at radius 2 is 1.75 bits per heavy atom. The van der Waals surface area contributed by atoms with Crippen LogP contribution in [0.4, 0.5) is 11.4 Å². The van der Waals surface area contributed by atoms with Gasteiger partial charge in [-0.05, 0) is 43.3 Å². The molecule has 160 valence electrons. The number of thioether (sulfide) groups is 1. The third kappa shape index (κ3) is 4.87. The van der Waals surface area contributed by atoms with Crippen molar-refractivity contribution in [1.82, 2.24) is 14.8 Å². The second kappa shape index (κ2) is 9.49. The molecule has 32 heavy (non-hydrogen) atoms. The van der Waals surface area contributed by atoms with Crippen molar-refractivity contribution < 1.29 is 9.59 Å². The number of Topliss-reactive ketones (excluding diaryl/α,β-unsaturated/α-hetero) is 1. The lowest BCUT2D eigenvalue weighted by atomic mass is 10.1. The monoisotopic (exact) mass is 443 g/mol. The molecule has 1 heterocycles. The van der Waals surface area contributed by atoms with Gasteiger partial charge in [0.2, 0.25) is 5.91 Å². The van der Waals surface area contributed by atoms with Gasteiger partial charge < -0.3 is 11.1 Å². The maximum Gasteiger partial charge on any atom is 0.234 e. The molecular weight excluding hydrogens is 422 g/mol. The highest BCUT2D eigenvalue weighted by Gasteiger charge is 2.17. The third-order valence-electron chi connectivity index (χ3n) is 4.68. The van der Waals surface area contributed by atoms with E-state index < -0.39 is 0 Å². The summed E-state index contributed by atoms with van der Waals surface area (Å²) in [6, 6.07) is 24.0. The lowest BCUT2D eigenvalue weighted by Gasteiger charge is -2.11. The Morgan fingerprint density at radius 1 is 0.969 bits per heavy atom. The Labute approximate surface area is 189 Å². The first-order valence-electron chi connectivity index (χ1n) is 9.91. The Kier molecular flexibility index (Phi) is 6.32. The van der Waals surface area contributed by atoms with E-state index in [-0.39, 0.29) is 17.4 Å². The van der Waals surface area contributed by atoms with E-state index in [9.17, 15) is 9.59 Å². The van der Waals surface area contributed by atoms with Crippen LogP contribution in [0.1, 0.15) is 17.3 Å². The third-order valence-corrected chi connectivity index (χ3v) is 5.61. The molecule has 0 radical (unpaired) electrons. The number of carbonyl (C=O) groups is 2. The number of para-hydroxylation sites is 1. The van der Waals surface area contributed by atoms with Crippen LogP contribution in [0.25, 0.3) is 17.1 Å². The molecule has 1 amide bonds. The zero-order valence-corrected chi connectivity index (χ0v) is 18.2. The molecule has 0 saturated heterocycles. The summed E-state index contributed by atoms with van der Waals surface area (Å²) < 4.78 is 1.91. The van der Waals surface area contributed by atoms with Crippen molar-refractivity contribution >= 4 is 34.8 Å². The van der Waals surface area contributed by atoms with Gasteiger partial charge in [-0.3, -0.25) is 14.2 Å². The molecule has 0 unspecified atom stereocenters. The van der Waals surface area contributed by atoms with Gasteiger partial charge in [0.15, 0.2) is 16.8 Å². The van der Waals surface area contributed by atoms with E-state index in [0.717, 1.165) is 11.3 Å². The highest BCUT2D eigenvalue weighted by Crippen LogP contribution is 2.29. The number of rotatable bonds is 7. The van der Waals surface area contributed by atoms with Gasteiger partial charge in [0.1, 0.15) is 0 Å². The summed E-state index contributed by atoms with van der Waals surface area (Å²) >= 11 is 1.28. The van der Waals surface area contributed by atoms with Crippen molar-refractivity contribution in [2.75, 3.05) is 16.8 Å². The van der Waals surface area contributed by atoms with Gasteiger partial charge in [0.25, 0.3) is 0 Å². The summed E-state index contributed by atoms with van der Waals surface area (Å²) in [6.07, 6.45) is 0. The molecule has 0 saturated carbocycles. The predicted octanol–water partition coefficient (Wildman–Crippen LogP) is 4.45. The number of nitrogen functional groups attached to an aromatic ring is 1. The minimum absolute atomic E-state index is 0.0551. The molecule has 4 aromatic rings. The normalized spacial score (nSPS) is 10.7. The number of hydrogen-bond donors (Lipinski definition) is 2. The number of nitrogens with two attached hydrogens (primary N) is 1. The first-order valence-corrected chi connectivity index (χ1v) is 10.9. The van der Waals surface area contributed by atoms with E-state index in [2.05, 4.69) is 15.5 Å². The van der Waals surface area contributed by atoms with Crippen LogP contribution in [0.15, 0.2) is 84.0 Å². The number of nitrogens with one attached hydrogen (secondary N) is 1. The first-order chi connectivity index (χ1) is 15.5. The van der Waals surface area contributed by atoms with E-state index in [1.807, 2.05) is 59.2 Å².